The van der Waals surface area contributed by atoms with Gasteiger partial charge in [0.25, 0.3) is 0 Å². The van der Waals surface area contributed by atoms with Crippen LogP contribution < -0.4 is 5.73 Å². The van der Waals surface area contributed by atoms with E-state index in [9.17, 15) is 13.2 Å². The molecule has 3 N–H and O–H groups in total. The van der Waals surface area contributed by atoms with Gasteiger partial charge in [0.2, 0.25) is 0 Å². The van der Waals surface area contributed by atoms with Crippen LogP contribution in [0.5, 0.6) is 0 Å². The van der Waals surface area contributed by atoms with Crippen molar-refractivity contribution in [3.05, 3.63) is 34.9 Å². The van der Waals surface area contributed by atoms with Crippen LogP contribution in [0.2, 0.25) is 0 Å². The zero-order valence-corrected chi connectivity index (χ0v) is 11.9. The van der Waals surface area contributed by atoms with Crippen molar-refractivity contribution in [1.29, 1.82) is 0 Å². The van der Waals surface area contributed by atoms with E-state index in [1.807, 2.05) is 4.90 Å². The fourth-order valence-corrected chi connectivity index (χ4v) is 2.98. The van der Waals surface area contributed by atoms with Gasteiger partial charge >= 0.3 is 6.18 Å². The molecule has 0 fully saturated rings. The zero-order chi connectivity index (χ0) is 15.5. The van der Waals surface area contributed by atoms with Gasteiger partial charge in [0.05, 0.1) is 5.56 Å². The van der Waals surface area contributed by atoms with Crippen molar-refractivity contribution in [3.8, 4) is 0 Å². The molecule has 6 heteroatoms. The van der Waals surface area contributed by atoms with Crippen molar-refractivity contribution in [2.75, 3.05) is 19.7 Å². The third-order valence-electron chi connectivity index (χ3n) is 4.01. The number of rotatable bonds is 6. The molecule has 0 saturated heterocycles. The number of hydrogen-bond donors (Lipinski definition) is 2. The summed E-state index contributed by atoms with van der Waals surface area (Å²) in [4.78, 5) is 2.01. The Bertz CT molecular complexity index is 476. The predicted molar refractivity (Wildman–Crippen MR) is 74.6 cm³/mol. The Balaban J connectivity index is 2.16. The topological polar surface area (TPSA) is 49.5 Å². The Hall–Kier alpha value is -1.11. The van der Waals surface area contributed by atoms with Crippen LogP contribution in [0.3, 0.4) is 0 Å². The average Bonchev–Trinajstić information content (AvgIpc) is 2.79. The number of nitrogens with zero attached hydrogens (tertiary/aromatic N) is 1. The van der Waals surface area contributed by atoms with Crippen molar-refractivity contribution in [1.82, 2.24) is 4.90 Å². The fraction of sp³-hybridized carbons (Fsp3) is 0.600. The molecule has 0 radical (unpaired) electrons. The van der Waals surface area contributed by atoms with Crippen LogP contribution in [0.15, 0.2) is 18.2 Å². The molecule has 0 saturated carbocycles. The molecule has 0 amide bonds. The summed E-state index contributed by atoms with van der Waals surface area (Å²) in [5.74, 6) is 0. The lowest BCUT2D eigenvalue weighted by Gasteiger charge is -2.23. The van der Waals surface area contributed by atoms with Crippen LogP contribution in [0.4, 0.5) is 13.2 Å². The summed E-state index contributed by atoms with van der Waals surface area (Å²) in [7, 11) is 0. The maximum atomic E-state index is 13.1. The van der Waals surface area contributed by atoms with E-state index in [0.717, 1.165) is 25.3 Å². The first kappa shape index (κ1) is 16.3. The molecule has 0 spiro atoms. The first-order chi connectivity index (χ1) is 9.99. The van der Waals surface area contributed by atoms with Gasteiger partial charge in [-0.15, -0.1) is 0 Å². The van der Waals surface area contributed by atoms with Gasteiger partial charge in [0, 0.05) is 25.7 Å². The fourth-order valence-electron chi connectivity index (χ4n) is 2.98. The van der Waals surface area contributed by atoms with Gasteiger partial charge in [-0.25, -0.2) is 0 Å². The summed E-state index contributed by atoms with van der Waals surface area (Å²) in [5, 5.41) is 8.77. The van der Waals surface area contributed by atoms with E-state index in [1.165, 1.54) is 6.07 Å². The minimum absolute atomic E-state index is 0.142. The highest BCUT2D eigenvalue weighted by molar-refractivity contribution is 5.42. The van der Waals surface area contributed by atoms with Crippen LogP contribution in [-0.2, 0) is 12.7 Å². The molecule has 1 unspecified atom stereocenters. The Labute approximate surface area is 122 Å². The maximum Gasteiger partial charge on any atom is 0.416 e. The molecule has 0 aliphatic carbocycles. The maximum absolute atomic E-state index is 13.1. The molecule has 0 bridgehead atoms. The molecule has 1 aromatic carbocycles. The van der Waals surface area contributed by atoms with Crippen LogP contribution in [0.25, 0.3) is 0 Å². The van der Waals surface area contributed by atoms with Crippen molar-refractivity contribution in [2.45, 2.75) is 38.0 Å². The summed E-state index contributed by atoms with van der Waals surface area (Å²) in [5.41, 5.74) is 6.29. The number of aliphatic hydroxyl groups is 1. The third-order valence-corrected chi connectivity index (χ3v) is 4.01. The first-order valence-corrected chi connectivity index (χ1v) is 7.23. The molecule has 1 atom stereocenters. The number of unbranched alkanes of at least 4 members (excludes halogenated alkanes) is 2. The minimum atomic E-state index is -4.32. The summed E-state index contributed by atoms with van der Waals surface area (Å²) in [6.07, 6.45) is -1.88. The molecule has 21 heavy (non-hydrogen) atoms. The van der Waals surface area contributed by atoms with Gasteiger partial charge in [0.1, 0.15) is 0 Å². The van der Waals surface area contributed by atoms with Crippen LogP contribution in [0.1, 0.15) is 42.0 Å². The van der Waals surface area contributed by atoms with E-state index in [4.69, 9.17) is 10.8 Å². The van der Waals surface area contributed by atoms with E-state index in [1.54, 1.807) is 6.07 Å². The molecule has 0 aromatic heterocycles. The van der Waals surface area contributed by atoms with E-state index >= 15 is 0 Å². The Morgan fingerprint density at radius 1 is 1.24 bits per heavy atom. The van der Waals surface area contributed by atoms with Crippen LogP contribution >= 0.6 is 0 Å². The minimum Gasteiger partial charge on any atom is -0.396 e. The van der Waals surface area contributed by atoms with Crippen molar-refractivity contribution in [2.24, 2.45) is 5.73 Å². The summed E-state index contributed by atoms with van der Waals surface area (Å²) < 4.78 is 39.2. The molecule has 1 heterocycles. The highest BCUT2D eigenvalue weighted by Crippen LogP contribution is 2.41. The van der Waals surface area contributed by atoms with Gasteiger partial charge in [-0.2, -0.15) is 13.2 Å². The standard InChI is InChI=1S/C15H21F3N2O/c16-15(17,18)13-6-4-5-11-12(13)10-20(14(11)9-19)7-2-1-3-8-21/h4-6,14,21H,1-3,7-10,19H2. The average molecular weight is 302 g/mol. The molecule has 1 aromatic rings. The van der Waals surface area contributed by atoms with E-state index in [2.05, 4.69) is 0 Å². The predicted octanol–water partition coefficient (Wildman–Crippen LogP) is 2.68. The molecule has 118 valence electrons. The van der Waals surface area contributed by atoms with E-state index < -0.39 is 11.7 Å². The largest absolute Gasteiger partial charge is 0.416 e. The van der Waals surface area contributed by atoms with Gasteiger partial charge in [-0.3, -0.25) is 4.90 Å². The van der Waals surface area contributed by atoms with Gasteiger partial charge in [-0.1, -0.05) is 12.1 Å². The number of alkyl halides is 3. The van der Waals surface area contributed by atoms with Crippen molar-refractivity contribution < 1.29 is 18.3 Å². The normalized spacial score (nSPS) is 19.0. The molecule has 1 aliphatic rings. The second-order valence-electron chi connectivity index (χ2n) is 5.38. The summed E-state index contributed by atoms with van der Waals surface area (Å²) in [6, 6.07) is 4.20. The van der Waals surface area contributed by atoms with Gasteiger partial charge in [-0.05, 0) is 43.0 Å². The number of aliphatic hydroxyl groups excluding tert-OH is 1. The lowest BCUT2D eigenvalue weighted by atomic mass is 9.99. The van der Waals surface area contributed by atoms with Crippen LogP contribution in [0, 0.1) is 0 Å². The molecular formula is C15H21F3N2O. The quantitative estimate of drug-likeness (QED) is 0.794. The molecule has 3 nitrogen and oxygen atoms in total. The Kier molecular flexibility index (Phi) is 5.24. The Morgan fingerprint density at radius 3 is 2.62 bits per heavy atom. The van der Waals surface area contributed by atoms with Gasteiger partial charge in [0.15, 0.2) is 0 Å². The molecule has 1 aliphatic heterocycles. The third kappa shape index (κ3) is 3.56. The zero-order valence-electron chi connectivity index (χ0n) is 11.9. The molecular weight excluding hydrogens is 281 g/mol. The monoisotopic (exact) mass is 302 g/mol. The summed E-state index contributed by atoms with van der Waals surface area (Å²) >= 11 is 0. The highest BCUT2D eigenvalue weighted by Gasteiger charge is 2.39. The van der Waals surface area contributed by atoms with Gasteiger partial charge < -0.3 is 10.8 Å². The highest BCUT2D eigenvalue weighted by atomic mass is 19.4. The lowest BCUT2D eigenvalue weighted by molar-refractivity contribution is -0.138. The smallest absolute Gasteiger partial charge is 0.396 e. The first-order valence-electron chi connectivity index (χ1n) is 7.23. The number of fused-ring (bicyclic) bond motifs is 1. The van der Waals surface area contributed by atoms with Crippen molar-refractivity contribution in [3.63, 3.8) is 0 Å². The lowest BCUT2D eigenvalue weighted by Crippen LogP contribution is -2.28. The van der Waals surface area contributed by atoms with Crippen molar-refractivity contribution >= 4 is 0 Å². The SMILES string of the molecule is NCC1c2cccc(C(F)(F)F)c2CN1CCCCCO. The van der Waals surface area contributed by atoms with E-state index in [-0.39, 0.29) is 12.6 Å². The number of hydrogen-bond acceptors (Lipinski definition) is 3. The van der Waals surface area contributed by atoms with Crippen LogP contribution in [-0.4, -0.2) is 29.7 Å². The number of halogens is 3. The second-order valence-corrected chi connectivity index (χ2v) is 5.38. The second kappa shape index (κ2) is 6.77. The summed E-state index contributed by atoms with van der Waals surface area (Å²) in [6.45, 7) is 1.47. The molecule has 2 rings (SSSR count). The van der Waals surface area contributed by atoms with E-state index in [0.29, 0.717) is 30.8 Å². The number of benzene rings is 1. The Morgan fingerprint density at radius 2 is 2.00 bits per heavy atom. The number of nitrogens with two attached hydrogens (primary N) is 1.